The molecule has 0 fully saturated rings. The van der Waals surface area contributed by atoms with Crippen molar-refractivity contribution in [2.75, 3.05) is 6.54 Å². The van der Waals surface area contributed by atoms with Crippen molar-refractivity contribution in [1.29, 1.82) is 0 Å². The Balaban J connectivity index is 1.72. The van der Waals surface area contributed by atoms with Gasteiger partial charge >= 0.3 is 6.09 Å². The maximum Gasteiger partial charge on any atom is 0.407 e. The van der Waals surface area contributed by atoms with Crippen molar-refractivity contribution in [2.45, 2.75) is 13.0 Å². The molecule has 0 aliphatic rings. The first-order valence-electron chi connectivity index (χ1n) is 7.32. The van der Waals surface area contributed by atoms with Crippen molar-refractivity contribution in [3.05, 3.63) is 74.7 Å². The van der Waals surface area contributed by atoms with Crippen LogP contribution in [-0.2, 0) is 11.3 Å². The summed E-state index contributed by atoms with van der Waals surface area (Å²) in [4.78, 5) is 11.6. The van der Waals surface area contributed by atoms with Gasteiger partial charge in [0, 0.05) is 11.6 Å². The summed E-state index contributed by atoms with van der Waals surface area (Å²) in [7, 11) is 0. The number of hydrogen-bond acceptors (Lipinski definition) is 2. The molecule has 1 N–H and O–H groups in total. The molecule has 1 amide bonds. The second-order valence-electron chi connectivity index (χ2n) is 4.97. The minimum Gasteiger partial charge on any atom is -0.445 e. The highest BCUT2D eigenvalue weighted by atomic mass is 35.5. The van der Waals surface area contributed by atoms with Crippen LogP contribution in [0, 0.1) is 0 Å². The van der Waals surface area contributed by atoms with E-state index in [0.717, 1.165) is 11.1 Å². The SMILES string of the molecule is O=C(NCCC=Cc1cc(Cl)cc(Cl)c1Cl)OCc1ccccc1. The lowest BCUT2D eigenvalue weighted by atomic mass is 10.2. The normalized spacial score (nSPS) is 10.8. The first kappa shape index (κ1) is 18.7. The Morgan fingerprint density at radius 3 is 2.62 bits per heavy atom. The number of alkyl carbamates (subject to hydrolysis) is 1. The van der Waals surface area contributed by atoms with Gasteiger partial charge in [0.1, 0.15) is 6.61 Å². The van der Waals surface area contributed by atoms with Crippen molar-refractivity contribution < 1.29 is 9.53 Å². The van der Waals surface area contributed by atoms with Crippen LogP contribution in [0.5, 0.6) is 0 Å². The average molecular weight is 385 g/mol. The molecule has 2 aromatic carbocycles. The molecule has 0 unspecified atom stereocenters. The van der Waals surface area contributed by atoms with E-state index < -0.39 is 6.09 Å². The standard InChI is InChI=1S/C18H16Cl3NO2/c19-15-10-14(17(21)16(20)11-15)8-4-5-9-22-18(23)24-12-13-6-2-1-3-7-13/h1-4,6-8,10-11H,5,9,12H2,(H,22,23). The average Bonchev–Trinajstić information content (AvgIpc) is 2.57. The van der Waals surface area contributed by atoms with E-state index in [9.17, 15) is 4.79 Å². The number of nitrogens with one attached hydrogen (secondary N) is 1. The number of ether oxygens (including phenoxy) is 1. The fraction of sp³-hybridized carbons (Fsp3) is 0.167. The van der Waals surface area contributed by atoms with Crippen molar-refractivity contribution >= 4 is 47.0 Å². The maximum absolute atomic E-state index is 11.6. The van der Waals surface area contributed by atoms with E-state index in [1.54, 1.807) is 12.1 Å². The van der Waals surface area contributed by atoms with Crippen LogP contribution in [0.3, 0.4) is 0 Å². The smallest absolute Gasteiger partial charge is 0.407 e. The summed E-state index contributed by atoms with van der Waals surface area (Å²) in [5.41, 5.74) is 1.68. The number of amides is 1. The molecule has 2 aromatic rings. The molecule has 0 bridgehead atoms. The molecule has 2 rings (SSSR count). The molecular formula is C18H16Cl3NO2. The monoisotopic (exact) mass is 383 g/mol. The molecule has 6 heteroatoms. The third-order valence-corrected chi connectivity index (χ3v) is 4.15. The molecule has 0 saturated heterocycles. The third kappa shape index (κ3) is 6.08. The Hall–Kier alpha value is -1.68. The van der Waals surface area contributed by atoms with E-state index in [4.69, 9.17) is 39.5 Å². The molecule has 0 saturated carbocycles. The molecular weight excluding hydrogens is 369 g/mol. The van der Waals surface area contributed by atoms with Crippen molar-refractivity contribution in [2.24, 2.45) is 0 Å². The summed E-state index contributed by atoms with van der Waals surface area (Å²) in [5.74, 6) is 0. The first-order valence-corrected chi connectivity index (χ1v) is 8.45. The van der Waals surface area contributed by atoms with Gasteiger partial charge in [-0.05, 0) is 29.7 Å². The Morgan fingerprint density at radius 1 is 1.12 bits per heavy atom. The van der Waals surface area contributed by atoms with E-state index in [1.807, 2.05) is 42.5 Å². The van der Waals surface area contributed by atoms with Gasteiger partial charge in [0.2, 0.25) is 0 Å². The van der Waals surface area contributed by atoms with Crippen LogP contribution in [-0.4, -0.2) is 12.6 Å². The Bertz CT molecular complexity index is 718. The minimum atomic E-state index is -0.448. The summed E-state index contributed by atoms with van der Waals surface area (Å²) >= 11 is 18.0. The second kappa shape index (κ2) is 9.58. The number of carbonyl (C=O) groups excluding carboxylic acids is 1. The van der Waals surface area contributed by atoms with Gasteiger partial charge < -0.3 is 10.1 Å². The van der Waals surface area contributed by atoms with Crippen LogP contribution in [0.1, 0.15) is 17.5 Å². The lowest BCUT2D eigenvalue weighted by Gasteiger charge is -2.06. The third-order valence-electron chi connectivity index (χ3n) is 3.11. The van der Waals surface area contributed by atoms with Gasteiger partial charge in [-0.3, -0.25) is 0 Å². The van der Waals surface area contributed by atoms with Crippen molar-refractivity contribution in [1.82, 2.24) is 5.32 Å². The summed E-state index contributed by atoms with van der Waals surface area (Å²) in [6, 6.07) is 12.8. The van der Waals surface area contributed by atoms with Crippen LogP contribution in [0.15, 0.2) is 48.5 Å². The molecule has 0 radical (unpaired) electrons. The Kier molecular flexibility index (Phi) is 7.44. The first-order chi connectivity index (χ1) is 11.6. The molecule has 0 aromatic heterocycles. The molecule has 0 aliphatic heterocycles. The number of benzene rings is 2. The number of rotatable bonds is 6. The topological polar surface area (TPSA) is 38.3 Å². The van der Waals surface area contributed by atoms with Crippen LogP contribution >= 0.6 is 34.8 Å². The summed E-state index contributed by atoms with van der Waals surface area (Å²) < 4.78 is 5.11. The van der Waals surface area contributed by atoms with Gasteiger partial charge in [0.25, 0.3) is 0 Å². The molecule has 0 heterocycles. The summed E-state index contributed by atoms with van der Waals surface area (Å²) in [5, 5.41) is 4.06. The number of hydrogen-bond donors (Lipinski definition) is 1. The zero-order chi connectivity index (χ0) is 17.4. The minimum absolute atomic E-state index is 0.249. The van der Waals surface area contributed by atoms with Gasteiger partial charge in [-0.25, -0.2) is 4.79 Å². The second-order valence-corrected chi connectivity index (χ2v) is 6.19. The van der Waals surface area contributed by atoms with Crippen LogP contribution < -0.4 is 5.32 Å². The zero-order valence-corrected chi connectivity index (χ0v) is 15.0. The number of halogens is 3. The zero-order valence-electron chi connectivity index (χ0n) is 12.8. The highest BCUT2D eigenvalue weighted by Gasteiger charge is 2.04. The molecule has 0 spiro atoms. The van der Waals surface area contributed by atoms with Crippen molar-refractivity contribution in [3.63, 3.8) is 0 Å². The number of carbonyl (C=O) groups is 1. The van der Waals surface area contributed by atoms with Gasteiger partial charge in [0.15, 0.2) is 0 Å². The lowest BCUT2D eigenvalue weighted by molar-refractivity contribution is 0.140. The molecule has 126 valence electrons. The van der Waals surface area contributed by atoms with Crippen molar-refractivity contribution in [3.8, 4) is 0 Å². The summed E-state index contributed by atoms with van der Waals surface area (Å²) in [6.07, 6.45) is 3.87. The quantitative estimate of drug-likeness (QED) is 0.491. The van der Waals surface area contributed by atoms with Crippen LogP contribution in [0.2, 0.25) is 15.1 Å². The van der Waals surface area contributed by atoms with Crippen LogP contribution in [0.25, 0.3) is 6.08 Å². The van der Waals surface area contributed by atoms with E-state index in [2.05, 4.69) is 5.32 Å². The Labute approximate surface area is 156 Å². The van der Waals surface area contributed by atoms with E-state index in [1.165, 1.54) is 0 Å². The highest BCUT2D eigenvalue weighted by Crippen LogP contribution is 2.30. The highest BCUT2D eigenvalue weighted by molar-refractivity contribution is 6.44. The molecule has 0 atom stereocenters. The van der Waals surface area contributed by atoms with Gasteiger partial charge in [-0.1, -0.05) is 77.3 Å². The van der Waals surface area contributed by atoms with E-state index in [0.29, 0.717) is 28.0 Å². The Morgan fingerprint density at radius 2 is 1.88 bits per heavy atom. The molecule has 0 aliphatic carbocycles. The summed E-state index contributed by atoms with van der Waals surface area (Å²) in [6.45, 7) is 0.704. The fourth-order valence-electron chi connectivity index (χ4n) is 1.94. The fourth-order valence-corrected chi connectivity index (χ4v) is 2.62. The maximum atomic E-state index is 11.6. The predicted octanol–water partition coefficient (Wildman–Crippen LogP) is 5.98. The predicted molar refractivity (Wildman–Crippen MR) is 99.8 cm³/mol. The lowest BCUT2D eigenvalue weighted by Crippen LogP contribution is -2.24. The van der Waals surface area contributed by atoms with E-state index in [-0.39, 0.29) is 6.61 Å². The molecule has 24 heavy (non-hydrogen) atoms. The van der Waals surface area contributed by atoms with Gasteiger partial charge in [-0.15, -0.1) is 0 Å². The van der Waals surface area contributed by atoms with E-state index >= 15 is 0 Å². The van der Waals surface area contributed by atoms with Crippen LogP contribution in [0.4, 0.5) is 4.79 Å². The van der Waals surface area contributed by atoms with Gasteiger partial charge in [-0.2, -0.15) is 0 Å². The molecule has 3 nitrogen and oxygen atoms in total. The van der Waals surface area contributed by atoms with Gasteiger partial charge in [0.05, 0.1) is 10.0 Å². The largest absolute Gasteiger partial charge is 0.445 e.